The fourth-order valence-corrected chi connectivity index (χ4v) is 1.53. The third-order valence-corrected chi connectivity index (χ3v) is 2.84. The standard InChI is InChI=1S/C12H15F2NO2/c1-12(2,10(15)11(16)17-3)7-4-8(13)6-9(14)5-7/h4-6,10H,15H2,1-3H3. The summed E-state index contributed by atoms with van der Waals surface area (Å²) < 4.78 is 30.7. The molecule has 0 aliphatic heterocycles. The molecule has 0 heterocycles. The van der Waals surface area contributed by atoms with Crippen molar-refractivity contribution >= 4 is 5.97 Å². The van der Waals surface area contributed by atoms with Gasteiger partial charge in [0.1, 0.15) is 17.7 Å². The van der Waals surface area contributed by atoms with E-state index in [9.17, 15) is 13.6 Å². The lowest BCUT2D eigenvalue weighted by Crippen LogP contribution is -2.47. The Bertz CT molecular complexity index is 412. The van der Waals surface area contributed by atoms with Gasteiger partial charge in [0.2, 0.25) is 0 Å². The first-order valence-electron chi connectivity index (χ1n) is 5.09. The molecule has 0 saturated carbocycles. The molecule has 1 aromatic carbocycles. The zero-order chi connectivity index (χ0) is 13.2. The van der Waals surface area contributed by atoms with Crippen molar-refractivity contribution in [2.45, 2.75) is 25.3 Å². The fourth-order valence-electron chi connectivity index (χ4n) is 1.53. The summed E-state index contributed by atoms with van der Waals surface area (Å²) in [4.78, 5) is 11.4. The molecule has 0 radical (unpaired) electrons. The molecule has 5 heteroatoms. The van der Waals surface area contributed by atoms with Crippen LogP contribution in [0, 0.1) is 11.6 Å². The van der Waals surface area contributed by atoms with E-state index in [1.54, 1.807) is 13.8 Å². The molecule has 94 valence electrons. The van der Waals surface area contributed by atoms with Crippen LogP contribution in [0.25, 0.3) is 0 Å². The first kappa shape index (κ1) is 13.6. The van der Waals surface area contributed by atoms with Crippen LogP contribution < -0.4 is 5.73 Å². The van der Waals surface area contributed by atoms with Crippen molar-refractivity contribution in [3.05, 3.63) is 35.4 Å². The van der Waals surface area contributed by atoms with Gasteiger partial charge in [-0.1, -0.05) is 13.8 Å². The van der Waals surface area contributed by atoms with Crippen LogP contribution in [0.4, 0.5) is 8.78 Å². The average molecular weight is 243 g/mol. The zero-order valence-electron chi connectivity index (χ0n) is 9.96. The van der Waals surface area contributed by atoms with Crippen LogP contribution in [0.15, 0.2) is 18.2 Å². The highest BCUT2D eigenvalue weighted by Crippen LogP contribution is 2.28. The van der Waals surface area contributed by atoms with Gasteiger partial charge in [-0.3, -0.25) is 4.79 Å². The molecule has 0 bridgehead atoms. The molecule has 0 fully saturated rings. The molecule has 0 amide bonds. The van der Waals surface area contributed by atoms with E-state index in [2.05, 4.69) is 4.74 Å². The summed E-state index contributed by atoms with van der Waals surface area (Å²) in [6.45, 7) is 3.26. The van der Waals surface area contributed by atoms with Crippen molar-refractivity contribution in [3.8, 4) is 0 Å². The smallest absolute Gasteiger partial charge is 0.323 e. The van der Waals surface area contributed by atoms with Gasteiger partial charge >= 0.3 is 5.97 Å². The minimum Gasteiger partial charge on any atom is -0.468 e. The predicted octanol–water partition coefficient (Wildman–Crippen LogP) is 1.74. The summed E-state index contributed by atoms with van der Waals surface area (Å²) in [7, 11) is 1.21. The number of carbonyl (C=O) groups excluding carboxylic acids is 1. The number of hydrogen-bond donors (Lipinski definition) is 1. The molecule has 0 aliphatic rings. The lowest BCUT2D eigenvalue weighted by Gasteiger charge is -2.30. The van der Waals surface area contributed by atoms with Gasteiger partial charge in [0.05, 0.1) is 7.11 Å². The largest absolute Gasteiger partial charge is 0.468 e. The molecule has 3 nitrogen and oxygen atoms in total. The van der Waals surface area contributed by atoms with E-state index >= 15 is 0 Å². The lowest BCUT2D eigenvalue weighted by molar-refractivity contribution is -0.143. The predicted molar refractivity (Wildman–Crippen MR) is 59.4 cm³/mol. The Labute approximate surface area is 98.6 Å². The average Bonchev–Trinajstić information content (AvgIpc) is 2.25. The lowest BCUT2D eigenvalue weighted by atomic mass is 9.78. The van der Waals surface area contributed by atoms with Crippen molar-refractivity contribution in [1.82, 2.24) is 0 Å². The van der Waals surface area contributed by atoms with E-state index in [4.69, 9.17) is 5.73 Å². The summed E-state index contributed by atoms with van der Waals surface area (Å²) in [5, 5.41) is 0. The second kappa shape index (κ2) is 4.79. The number of rotatable bonds is 3. The van der Waals surface area contributed by atoms with Gasteiger partial charge in [-0.15, -0.1) is 0 Å². The van der Waals surface area contributed by atoms with Crippen LogP contribution in [0.3, 0.4) is 0 Å². The summed E-state index contributed by atoms with van der Waals surface area (Å²) in [6, 6.07) is 2.09. The minimum atomic E-state index is -0.992. The molecule has 17 heavy (non-hydrogen) atoms. The quantitative estimate of drug-likeness (QED) is 0.823. The Morgan fingerprint density at radius 1 is 1.29 bits per heavy atom. The zero-order valence-corrected chi connectivity index (χ0v) is 9.96. The molecule has 1 atom stereocenters. The van der Waals surface area contributed by atoms with Crippen molar-refractivity contribution in [1.29, 1.82) is 0 Å². The molecule has 1 unspecified atom stereocenters. The Balaban J connectivity index is 3.15. The monoisotopic (exact) mass is 243 g/mol. The van der Waals surface area contributed by atoms with Crippen molar-refractivity contribution in [2.24, 2.45) is 5.73 Å². The third-order valence-electron chi connectivity index (χ3n) is 2.84. The Morgan fingerprint density at radius 2 is 1.76 bits per heavy atom. The van der Waals surface area contributed by atoms with E-state index in [0.717, 1.165) is 18.2 Å². The minimum absolute atomic E-state index is 0.313. The highest BCUT2D eigenvalue weighted by Gasteiger charge is 2.35. The third kappa shape index (κ3) is 2.79. The van der Waals surface area contributed by atoms with Crippen molar-refractivity contribution in [3.63, 3.8) is 0 Å². The maximum atomic E-state index is 13.1. The highest BCUT2D eigenvalue weighted by atomic mass is 19.1. The van der Waals surface area contributed by atoms with Gasteiger partial charge in [0.25, 0.3) is 0 Å². The molecule has 1 rings (SSSR count). The van der Waals surface area contributed by atoms with Crippen LogP contribution in [-0.4, -0.2) is 19.1 Å². The topological polar surface area (TPSA) is 52.3 Å². The van der Waals surface area contributed by atoms with Gasteiger partial charge in [0, 0.05) is 11.5 Å². The van der Waals surface area contributed by atoms with Crippen LogP contribution in [-0.2, 0) is 14.9 Å². The molecule has 0 saturated heterocycles. The van der Waals surface area contributed by atoms with Crippen LogP contribution >= 0.6 is 0 Å². The number of nitrogens with two attached hydrogens (primary N) is 1. The van der Waals surface area contributed by atoms with Gasteiger partial charge in [0.15, 0.2) is 0 Å². The van der Waals surface area contributed by atoms with Crippen LogP contribution in [0.5, 0.6) is 0 Å². The Morgan fingerprint density at radius 3 is 2.18 bits per heavy atom. The van der Waals surface area contributed by atoms with E-state index in [1.807, 2.05) is 0 Å². The molecular weight excluding hydrogens is 228 g/mol. The van der Waals surface area contributed by atoms with E-state index in [0.29, 0.717) is 5.56 Å². The van der Waals surface area contributed by atoms with Crippen LogP contribution in [0.1, 0.15) is 19.4 Å². The summed E-state index contributed by atoms with van der Waals surface area (Å²) in [5.41, 5.74) is 5.11. The Kier molecular flexibility index (Phi) is 3.83. The number of hydrogen-bond acceptors (Lipinski definition) is 3. The van der Waals surface area contributed by atoms with Crippen molar-refractivity contribution in [2.75, 3.05) is 7.11 Å². The Hall–Kier alpha value is -1.49. The first-order chi connectivity index (χ1) is 7.78. The van der Waals surface area contributed by atoms with Gasteiger partial charge in [-0.25, -0.2) is 8.78 Å². The summed E-state index contributed by atoms with van der Waals surface area (Å²) in [6.07, 6.45) is 0. The first-order valence-corrected chi connectivity index (χ1v) is 5.09. The normalized spacial score (nSPS) is 13.3. The highest BCUT2D eigenvalue weighted by molar-refractivity contribution is 5.77. The maximum absolute atomic E-state index is 13.1. The number of benzene rings is 1. The summed E-state index contributed by atoms with van der Waals surface area (Å²) >= 11 is 0. The number of carbonyl (C=O) groups is 1. The molecule has 0 aliphatic carbocycles. The number of methoxy groups -OCH3 is 1. The number of esters is 1. The van der Waals surface area contributed by atoms with Gasteiger partial charge in [-0.2, -0.15) is 0 Å². The molecule has 0 spiro atoms. The number of halogens is 2. The van der Waals surface area contributed by atoms with Gasteiger partial charge in [-0.05, 0) is 17.7 Å². The van der Waals surface area contributed by atoms with E-state index in [-0.39, 0.29) is 0 Å². The second-order valence-corrected chi connectivity index (χ2v) is 4.38. The molecule has 0 aromatic heterocycles. The molecule has 1 aromatic rings. The van der Waals surface area contributed by atoms with Gasteiger partial charge < -0.3 is 10.5 Å². The molecular formula is C12H15F2NO2. The van der Waals surface area contributed by atoms with Crippen LogP contribution in [0.2, 0.25) is 0 Å². The van der Waals surface area contributed by atoms with Crippen molar-refractivity contribution < 1.29 is 18.3 Å². The molecule has 2 N–H and O–H groups in total. The fraction of sp³-hybridized carbons (Fsp3) is 0.417. The van der Waals surface area contributed by atoms with E-state index in [1.165, 1.54) is 7.11 Å². The summed E-state index contributed by atoms with van der Waals surface area (Å²) in [5.74, 6) is -2.03. The SMILES string of the molecule is COC(=O)C(N)C(C)(C)c1cc(F)cc(F)c1. The second-order valence-electron chi connectivity index (χ2n) is 4.38. The number of ether oxygens (including phenoxy) is 1. The maximum Gasteiger partial charge on any atom is 0.323 e. The van der Waals surface area contributed by atoms with E-state index < -0.39 is 29.1 Å².